The number of nitrogens with zero attached hydrogens (tertiary/aromatic N) is 1. The number of carbonyl (C=O) groups excluding carboxylic acids is 1. The molecule has 1 aliphatic rings. The molecule has 19 heavy (non-hydrogen) atoms. The van der Waals surface area contributed by atoms with Gasteiger partial charge in [-0.2, -0.15) is 0 Å². The number of piperidine rings is 1. The van der Waals surface area contributed by atoms with Crippen molar-refractivity contribution in [1.82, 2.24) is 10.2 Å². The van der Waals surface area contributed by atoms with Gasteiger partial charge in [0.25, 0.3) is 0 Å². The normalized spacial score (nSPS) is 18.7. The fourth-order valence-electron chi connectivity index (χ4n) is 2.51. The SMILES string of the molecule is CC(C)C1CCN(C(=O)N[C@H](C(=O)O)C(C)C)CC1. The summed E-state index contributed by atoms with van der Waals surface area (Å²) in [5, 5.41) is 11.7. The first-order valence-corrected chi connectivity index (χ1v) is 7.11. The zero-order valence-electron chi connectivity index (χ0n) is 12.3. The minimum atomic E-state index is -0.972. The van der Waals surface area contributed by atoms with Crippen molar-refractivity contribution < 1.29 is 14.7 Å². The summed E-state index contributed by atoms with van der Waals surface area (Å²) < 4.78 is 0. The van der Waals surface area contributed by atoms with Crippen LogP contribution in [-0.2, 0) is 4.79 Å². The van der Waals surface area contributed by atoms with Crippen LogP contribution in [0, 0.1) is 17.8 Å². The van der Waals surface area contributed by atoms with E-state index in [0.29, 0.717) is 11.8 Å². The average Bonchev–Trinajstić information content (AvgIpc) is 2.34. The third-order valence-corrected chi connectivity index (χ3v) is 3.98. The Morgan fingerprint density at radius 2 is 1.68 bits per heavy atom. The number of likely N-dealkylation sites (tertiary alicyclic amines) is 1. The van der Waals surface area contributed by atoms with Crippen molar-refractivity contribution in [1.29, 1.82) is 0 Å². The van der Waals surface area contributed by atoms with Gasteiger partial charge in [0, 0.05) is 13.1 Å². The minimum Gasteiger partial charge on any atom is -0.480 e. The Bertz CT molecular complexity index is 321. The summed E-state index contributed by atoms with van der Waals surface area (Å²) in [7, 11) is 0. The first-order chi connectivity index (χ1) is 8.82. The molecular weight excluding hydrogens is 244 g/mol. The van der Waals surface area contributed by atoms with E-state index in [1.54, 1.807) is 18.7 Å². The summed E-state index contributed by atoms with van der Waals surface area (Å²) in [6.07, 6.45) is 2.01. The van der Waals surface area contributed by atoms with Crippen LogP contribution in [-0.4, -0.2) is 41.1 Å². The largest absolute Gasteiger partial charge is 0.480 e. The molecule has 2 amide bonds. The topological polar surface area (TPSA) is 69.6 Å². The molecule has 2 N–H and O–H groups in total. The first-order valence-electron chi connectivity index (χ1n) is 7.11. The number of amides is 2. The predicted molar refractivity (Wildman–Crippen MR) is 73.9 cm³/mol. The molecule has 1 heterocycles. The zero-order valence-corrected chi connectivity index (χ0v) is 12.3. The van der Waals surface area contributed by atoms with Gasteiger partial charge in [0.15, 0.2) is 0 Å². The second kappa shape index (κ2) is 6.78. The van der Waals surface area contributed by atoms with Gasteiger partial charge in [-0.3, -0.25) is 0 Å². The highest BCUT2D eigenvalue weighted by atomic mass is 16.4. The number of carboxylic acids is 1. The molecule has 5 heteroatoms. The van der Waals surface area contributed by atoms with E-state index in [0.717, 1.165) is 25.9 Å². The number of aliphatic carboxylic acids is 1. The van der Waals surface area contributed by atoms with Crippen LogP contribution < -0.4 is 5.32 Å². The highest BCUT2D eigenvalue weighted by Gasteiger charge is 2.28. The van der Waals surface area contributed by atoms with E-state index in [9.17, 15) is 9.59 Å². The van der Waals surface area contributed by atoms with Crippen LogP contribution in [0.5, 0.6) is 0 Å². The van der Waals surface area contributed by atoms with Crippen LogP contribution in [0.3, 0.4) is 0 Å². The minimum absolute atomic E-state index is 0.116. The van der Waals surface area contributed by atoms with Gasteiger partial charge in [0.05, 0.1) is 0 Å². The number of nitrogens with one attached hydrogen (secondary N) is 1. The lowest BCUT2D eigenvalue weighted by molar-refractivity contribution is -0.140. The molecule has 5 nitrogen and oxygen atoms in total. The molecule has 0 aromatic rings. The van der Waals surface area contributed by atoms with Crippen molar-refractivity contribution in [2.75, 3.05) is 13.1 Å². The lowest BCUT2D eigenvalue weighted by atomic mass is 9.87. The van der Waals surface area contributed by atoms with E-state index in [2.05, 4.69) is 19.2 Å². The molecule has 0 aromatic carbocycles. The molecule has 1 atom stereocenters. The first kappa shape index (κ1) is 15.8. The fourth-order valence-corrected chi connectivity index (χ4v) is 2.51. The molecule has 0 saturated carbocycles. The molecule has 0 radical (unpaired) electrons. The molecule has 0 unspecified atom stereocenters. The van der Waals surface area contributed by atoms with Gasteiger partial charge in [0.2, 0.25) is 0 Å². The third-order valence-electron chi connectivity index (χ3n) is 3.98. The number of rotatable bonds is 4. The summed E-state index contributed by atoms with van der Waals surface area (Å²) in [4.78, 5) is 24.8. The van der Waals surface area contributed by atoms with Crippen LogP contribution in [0.1, 0.15) is 40.5 Å². The Labute approximate surface area is 115 Å². The van der Waals surface area contributed by atoms with Crippen molar-refractivity contribution in [2.45, 2.75) is 46.6 Å². The van der Waals surface area contributed by atoms with Crippen molar-refractivity contribution >= 4 is 12.0 Å². The van der Waals surface area contributed by atoms with Crippen LogP contribution in [0.2, 0.25) is 0 Å². The lowest BCUT2D eigenvalue weighted by Crippen LogP contribution is -2.52. The van der Waals surface area contributed by atoms with Crippen LogP contribution in [0.4, 0.5) is 4.79 Å². The maximum Gasteiger partial charge on any atom is 0.326 e. The molecule has 0 bridgehead atoms. The lowest BCUT2D eigenvalue weighted by Gasteiger charge is -2.34. The Kier molecular flexibility index (Phi) is 5.63. The third kappa shape index (κ3) is 4.40. The van der Waals surface area contributed by atoms with E-state index in [1.807, 2.05) is 0 Å². The van der Waals surface area contributed by atoms with Crippen LogP contribution in [0.15, 0.2) is 0 Å². The Hall–Kier alpha value is -1.26. The molecular formula is C14H26N2O3. The molecule has 0 aliphatic carbocycles. The van der Waals surface area contributed by atoms with E-state index in [4.69, 9.17) is 5.11 Å². The molecule has 1 aliphatic heterocycles. The van der Waals surface area contributed by atoms with E-state index in [1.165, 1.54) is 0 Å². The van der Waals surface area contributed by atoms with Gasteiger partial charge in [-0.25, -0.2) is 9.59 Å². The van der Waals surface area contributed by atoms with Gasteiger partial charge < -0.3 is 15.3 Å². The van der Waals surface area contributed by atoms with Gasteiger partial charge >= 0.3 is 12.0 Å². The molecule has 1 rings (SSSR count). The smallest absolute Gasteiger partial charge is 0.326 e. The Balaban J connectivity index is 2.49. The van der Waals surface area contributed by atoms with Crippen molar-refractivity contribution in [3.8, 4) is 0 Å². The van der Waals surface area contributed by atoms with Crippen molar-refractivity contribution in [3.63, 3.8) is 0 Å². The van der Waals surface area contributed by atoms with Gasteiger partial charge in [-0.1, -0.05) is 27.7 Å². The number of urea groups is 1. The van der Waals surface area contributed by atoms with Gasteiger partial charge in [0.1, 0.15) is 6.04 Å². The molecule has 1 saturated heterocycles. The number of hydrogen-bond acceptors (Lipinski definition) is 2. The standard InChI is InChI=1S/C14H26N2O3/c1-9(2)11-5-7-16(8-6-11)14(19)15-12(10(3)4)13(17)18/h9-12H,5-8H2,1-4H3,(H,15,19)(H,17,18)/t12-/m0/s1. The van der Waals surface area contributed by atoms with Crippen molar-refractivity contribution in [2.24, 2.45) is 17.8 Å². The van der Waals surface area contributed by atoms with Crippen molar-refractivity contribution in [3.05, 3.63) is 0 Å². The summed E-state index contributed by atoms with van der Waals surface area (Å²) in [5.74, 6) is 0.229. The summed E-state index contributed by atoms with van der Waals surface area (Å²) >= 11 is 0. The monoisotopic (exact) mass is 270 g/mol. The summed E-state index contributed by atoms with van der Waals surface area (Å²) in [6.45, 7) is 9.45. The zero-order chi connectivity index (χ0) is 14.6. The second-order valence-corrected chi connectivity index (χ2v) is 6.08. The van der Waals surface area contributed by atoms with Gasteiger partial charge in [-0.15, -0.1) is 0 Å². The predicted octanol–water partition coefficient (Wildman–Crippen LogP) is 2.17. The molecule has 0 aromatic heterocycles. The average molecular weight is 270 g/mol. The highest BCUT2D eigenvalue weighted by Crippen LogP contribution is 2.24. The fraction of sp³-hybridized carbons (Fsp3) is 0.857. The molecule has 0 spiro atoms. The maximum absolute atomic E-state index is 12.0. The number of hydrogen-bond donors (Lipinski definition) is 2. The Morgan fingerprint density at radius 1 is 1.16 bits per heavy atom. The molecule has 1 fully saturated rings. The second-order valence-electron chi connectivity index (χ2n) is 6.08. The summed E-state index contributed by atoms with van der Waals surface area (Å²) in [6, 6.07) is -1.06. The number of carboxylic acid groups (broad SMARTS) is 1. The van der Waals surface area contributed by atoms with E-state index in [-0.39, 0.29) is 11.9 Å². The Morgan fingerprint density at radius 3 is 2.05 bits per heavy atom. The quantitative estimate of drug-likeness (QED) is 0.822. The van der Waals surface area contributed by atoms with Crippen LogP contribution in [0.25, 0.3) is 0 Å². The van der Waals surface area contributed by atoms with E-state index < -0.39 is 12.0 Å². The number of carbonyl (C=O) groups is 2. The maximum atomic E-state index is 12.0. The highest BCUT2D eigenvalue weighted by molar-refractivity contribution is 5.82. The summed E-state index contributed by atoms with van der Waals surface area (Å²) in [5.41, 5.74) is 0. The van der Waals surface area contributed by atoms with Gasteiger partial charge in [-0.05, 0) is 30.6 Å². The van der Waals surface area contributed by atoms with E-state index >= 15 is 0 Å². The van der Waals surface area contributed by atoms with Crippen LogP contribution >= 0.6 is 0 Å². The molecule has 110 valence electrons.